The monoisotopic (exact) mass is 428 g/mol. The molecule has 3 N–H and O–H groups in total. The van der Waals surface area contributed by atoms with Crippen LogP contribution in [0.1, 0.15) is 98.3 Å². The summed E-state index contributed by atoms with van der Waals surface area (Å²) >= 11 is 0. The van der Waals surface area contributed by atoms with Crippen LogP contribution in [0.5, 0.6) is 0 Å². The van der Waals surface area contributed by atoms with E-state index in [1.165, 1.54) is 38.5 Å². The van der Waals surface area contributed by atoms with Crippen molar-refractivity contribution < 1.29 is 34.4 Å². The molecule has 0 amide bonds. The Bertz CT molecular complexity index is 590. The van der Waals surface area contributed by atoms with Crippen molar-refractivity contribution in [3.63, 3.8) is 0 Å². The van der Waals surface area contributed by atoms with Crippen molar-refractivity contribution in [2.75, 3.05) is 0 Å². The maximum Gasteiger partial charge on any atom is 0.190 e. The van der Waals surface area contributed by atoms with E-state index < -0.39 is 46.9 Å². The highest BCUT2D eigenvalue weighted by Crippen LogP contribution is 2.44. The molecule has 1 saturated heterocycles. The summed E-state index contributed by atoms with van der Waals surface area (Å²) in [6.45, 7) is 5.38. The molecule has 1 rings (SSSR count). The lowest BCUT2D eigenvalue weighted by atomic mass is 9.71. The number of hydrogen-bond donors (Lipinski definition) is 3. The highest BCUT2D eigenvalue weighted by atomic mass is 16.6. The molecule has 0 aromatic heterocycles. The molecule has 0 saturated carbocycles. The van der Waals surface area contributed by atoms with Crippen LogP contribution in [0.15, 0.2) is 0 Å². The number of aliphatic hydroxyl groups is 3. The molecule has 1 aliphatic rings. The van der Waals surface area contributed by atoms with Gasteiger partial charge < -0.3 is 20.1 Å². The standard InChI is InChI=1S/C23H40O7/c1-5-6-7-8-9-10-11-12-13-14-15-19-22(28,17(3)25)23(29,18(4)26)21(30-19)20(27)16(2)24/h19-21,27-29H,5-15H2,1-4H3/t19?,20?,21-,22+,23-/m1/s1. The number of Topliss-reactive ketones (excluding diaryl/α,β-unsaturated/α-hetero) is 3. The van der Waals surface area contributed by atoms with Gasteiger partial charge in [-0.3, -0.25) is 14.4 Å². The molecule has 174 valence electrons. The molecule has 7 nitrogen and oxygen atoms in total. The minimum atomic E-state index is -2.67. The molecule has 2 unspecified atom stereocenters. The third kappa shape index (κ3) is 5.75. The molecule has 0 aliphatic carbocycles. The van der Waals surface area contributed by atoms with E-state index >= 15 is 0 Å². The van der Waals surface area contributed by atoms with E-state index in [-0.39, 0.29) is 6.42 Å². The Balaban J connectivity index is 2.69. The lowest BCUT2D eigenvalue weighted by Crippen LogP contribution is -2.68. The summed E-state index contributed by atoms with van der Waals surface area (Å²) in [5.74, 6) is -2.46. The van der Waals surface area contributed by atoms with Crippen molar-refractivity contribution in [3.05, 3.63) is 0 Å². The van der Waals surface area contributed by atoms with E-state index in [1.807, 2.05) is 0 Å². The zero-order valence-corrected chi connectivity index (χ0v) is 19.0. The number of ketones is 3. The van der Waals surface area contributed by atoms with Crippen molar-refractivity contribution in [1.29, 1.82) is 0 Å². The average Bonchev–Trinajstić information content (AvgIpc) is 2.92. The maximum absolute atomic E-state index is 12.3. The molecule has 0 spiro atoms. The van der Waals surface area contributed by atoms with Gasteiger partial charge in [-0.2, -0.15) is 0 Å². The first-order chi connectivity index (χ1) is 14.0. The number of aliphatic hydroxyl groups excluding tert-OH is 1. The predicted octanol–water partition coefficient (Wildman–Crippen LogP) is 2.65. The molecule has 0 radical (unpaired) electrons. The van der Waals surface area contributed by atoms with Gasteiger partial charge in [0.15, 0.2) is 28.6 Å². The van der Waals surface area contributed by atoms with Crippen molar-refractivity contribution in [1.82, 2.24) is 0 Å². The smallest absolute Gasteiger partial charge is 0.190 e. The van der Waals surface area contributed by atoms with Crippen molar-refractivity contribution >= 4 is 17.3 Å². The van der Waals surface area contributed by atoms with Crippen LogP contribution in [0.3, 0.4) is 0 Å². The third-order valence-corrected chi connectivity index (χ3v) is 6.37. The second-order valence-corrected chi connectivity index (χ2v) is 8.72. The third-order valence-electron chi connectivity index (χ3n) is 6.37. The zero-order chi connectivity index (χ0) is 22.9. The molecule has 1 heterocycles. The van der Waals surface area contributed by atoms with Crippen LogP contribution in [0, 0.1) is 0 Å². The van der Waals surface area contributed by atoms with Crippen LogP contribution in [0.4, 0.5) is 0 Å². The highest BCUT2D eigenvalue weighted by Gasteiger charge is 2.72. The minimum Gasteiger partial charge on any atom is -0.382 e. The number of unbranched alkanes of at least 4 members (excludes halogenated alkanes) is 9. The van der Waals surface area contributed by atoms with E-state index in [0.717, 1.165) is 40.0 Å². The molecule has 30 heavy (non-hydrogen) atoms. The Hall–Kier alpha value is -1.15. The molecule has 5 atom stereocenters. The first kappa shape index (κ1) is 26.9. The Labute approximate surface area is 180 Å². The molecule has 1 fully saturated rings. The van der Waals surface area contributed by atoms with Crippen LogP contribution in [0.25, 0.3) is 0 Å². The van der Waals surface area contributed by atoms with Gasteiger partial charge in [-0.1, -0.05) is 71.1 Å². The summed E-state index contributed by atoms with van der Waals surface area (Å²) < 4.78 is 5.61. The van der Waals surface area contributed by atoms with Crippen molar-refractivity contribution in [2.24, 2.45) is 0 Å². The van der Waals surface area contributed by atoms with Crippen molar-refractivity contribution in [3.8, 4) is 0 Å². The number of hydrogen-bond acceptors (Lipinski definition) is 7. The number of ether oxygens (including phenoxy) is 1. The van der Waals surface area contributed by atoms with Gasteiger partial charge in [0.1, 0.15) is 12.2 Å². The highest BCUT2D eigenvalue weighted by molar-refractivity contribution is 6.00. The van der Waals surface area contributed by atoms with E-state index in [2.05, 4.69) is 6.92 Å². The topological polar surface area (TPSA) is 121 Å². The fourth-order valence-corrected chi connectivity index (χ4v) is 4.41. The minimum absolute atomic E-state index is 0.239. The number of rotatable bonds is 15. The fraction of sp³-hybridized carbons (Fsp3) is 0.870. The molecule has 0 aromatic carbocycles. The molecule has 1 aliphatic heterocycles. The molecule has 0 aromatic rings. The van der Waals surface area contributed by atoms with Gasteiger partial charge in [-0.15, -0.1) is 0 Å². The van der Waals surface area contributed by atoms with E-state index in [1.54, 1.807) is 0 Å². The SMILES string of the molecule is CCCCCCCCCCCCC1O[C@H](C(O)C(C)=O)[C@](O)(C(C)=O)[C@]1(O)C(C)=O. The van der Waals surface area contributed by atoms with Crippen molar-refractivity contribution in [2.45, 2.75) is 128 Å². The van der Waals surface area contributed by atoms with Gasteiger partial charge in [0.25, 0.3) is 0 Å². The number of carbonyl (C=O) groups excluding carboxylic acids is 3. The fourth-order valence-electron chi connectivity index (χ4n) is 4.41. The van der Waals surface area contributed by atoms with Gasteiger partial charge in [-0.25, -0.2) is 0 Å². The van der Waals surface area contributed by atoms with Gasteiger partial charge >= 0.3 is 0 Å². The average molecular weight is 429 g/mol. The lowest BCUT2D eigenvalue weighted by molar-refractivity contribution is -0.182. The van der Waals surface area contributed by atoms with Crippen LogP contribution >= 0.6 is 0 Å². The predicted molar refractivity (Wildman–Crippen MR) is 113 cm³/mol. The van der Waals surface area contributed by atoms with Crippen LogP contribution in [-0.2, 0) is 19.1 Å². The second-order valence-electron chi connectivity index (χ2n) is 8.72. The normalized spacial score (nSPS) is 29.7. The van der Waals surface area contributed by atoms with Gasteiger partial charge in [0, 0.05) is 0 Å². The zero-order valence-electron chi connectivity index (χ0n) is 19.0. The quantitative estimate of drug-likeness (QED) is 0.343. The van der Waals surface area contributed by atoms with Crippen LogP contribution in [-0.4, -0.2) is 62.2 Å². The summed E-state index contributed by atoms with van der Waals surface area (Å²) in [6.07, 6.45) is 6.65. The Morgan fingerprint density at radius 1 is 0.800 bits per heavy atom. The molecule has 7 heteroatoms. The van der Waals surface area contributed by atoms with Gasteiger partial charge in [0.05, 0.1) is 6.10 Å². The van der Waals surface area contributed by atoms with E-state index in [9.17, 15) is 29.7 Å². The molecule has 0 bridgehead atoms. The number of carbonyl (C=O) groups is 3. The summed E-state index contributed by atoms with van der Waals surface area (Å²) in [7, 11) is 0. The summed E-state index contributed by atoms with van der Waals surface area (Å²) in [4.78, 5) is 36.2. The van der Waals surface area contributed by atoms with Crippen LogP contribution in [0.2, 0.25) is 0 Å². The first-order valence-corrected chi connectivity index (χ1v) is 11.4. The summed E-state index contributed by atoms with van der Waals surface area (Å²) in [5.41, 5.74) is -5.17. The maximum atomic E-state index is 12.3. The summed E-state index contributed by atoms with van der Waals surface area (Å²) in [5, 5.41) is 32.3. The van der Waals surface area contributed by atoms with E-state index in [4.69, 9.17) is 4.74 Å². The summed E-state index contributed by atoms with van der Waals surface area (Å²) in [6, 6.07) is 0. The largest absolute Gasteiger partial charge is 0.382 e. The Morgan fingerprint density at radius 3 is 1.63 bits per heavy atom. The van der Waals surface area contributed by atoms with E-state index in [0.29, 0.717) is 6.42 Å². The Morgan fingerprint density at radius 2 is 1.23 bits per heavy atom. The van der Waals surface area contributed by atoms with Crippen LogP contribution < -0.4 is 0 Å². The second kappa shape index (κ2) is 12.0. The molecular formula is C23H40O7. The molecular weight excluding hydrogens is 388 g/mol. The lowest BCUT2D eigenvalue weighted by Gasteiger charge is -2.38. The Kier molecular flexibility index (Phi) is 10.8. The first-order valence-electron chi connectivity index (χ1n) is 11.4. The van der Waals surface area contributed by atoms with Gasteiger partial charge in [-0.05, 0) is 27.2 Å². The van der Waals surface area contributed by atoms with Gasteiger partial charge in [0.2, 0.25) is 0 Å².